The molecule has 6 heteroatoms. The zero-order valence-corrected chi connectivity index (χ0v) is 14.2. The number of nitrogens with zero attached hydrogens (tertiary/aromatic N) is 2. The molecule has 0 saturated heterocycles. The van der Waals surface area contributed by atoms with Gasteiger partial charge in [0.15, 0.2) is 0 Å². The van der Waals surface area contributed by atoms with Gasteiger partial charge in [0, 0.05) is 24.2 Å². The molecule has 1 unspecified atom stereocenters. The summed E-state index contributed by atoms with van der Waals surface area (Å²) >= 11 is 0. The lowest BCUT2D eigenvalue weighted by Gasteiger charge is -2.26. The van der Waals surface area contributed by atoms with Crippen LogP contribution in [0.2, 0.25) is 0 Å². The minimum atomic E-state index is -0.914. The Balaban J connectivity index is 2.04. The van der Waals surface area contributed by atoms with Crippen molar-refractivity contribution in [1.29, 1.82) is 0 Å². The molecule has 3 rings (SSSR count). The van der Waals surface area contributed by atoms with Crippen molar-refractivity contribution in [3.8, 4) is 0 Å². The maximum atomic E-state index is 11.7. The van der Waals surface area contributed by atoms with Gasteiger partial charge in [-0.1, -0.05) is 29.8 Å². The predicted octanol–water partition coefficient (Wildman–Crippen LogP) is 2.31. The van der Waals surface area contributed by atoms with Gasteiger partial charge in [0.05, 0.1) is 5.56 Å². The number of nitrogens with one attached hydrogen (secondary N) is 1. The van der Waals surface area contributed by atoms with E-state index in [0.29, 0.717) is 23.6 Å². The third-order valence-electron chi connectivity index (χ3n) is 4.56. The molecule has 0 aliphatic carbocycles. The van der Waals surface area contributed by atoms with Gasteiger partial charge >= 0.3 is 5.97 Å². The first-order valence-corrected chi connectivity index (χ1v) is 8.36. The van der Waals surface area contributed by atoms with E-state index in [2.05, 4.69) is 21.4 Å². The van der Waals surface area contributed by atoms with E-state index in [1.807, 2.05) is 12.1 Å². The van der Waals surface area contributed by atoms with E-state index in [0.717, 1.165) is 30.6 Å². The normalized spacial score (nSPS) is 15.5. The maximum Gasteiger partial charge on any atom is 0.335 e. The Labute approximate surface area is 146 Å². The van der Waals surface area contributed by atoms with Crippen molar-refractivity contribution in [2.75, 3.05) is 18.8 Å². The number of aryl methyl sites for hydroxylation is 1. The van der Waals surface area contributed by atoms with Gasteiger partial charge in [-0.05, 0) is 37.9 Å². The number of nitrogens with two attached hydrogens (primary N) is 1. The number of nitrogen functional groups attached to an aromatic ring is 1. The highest BCUT2D eigenvalue weighted by molar-refractivity contribution is 5.89. The molecule has 0 amide bonds. The number of aromatic carboxylic acids is 1. The molecule has 1 aliphatic heterocycles. The molecule has 0 fully saturated rings. The number of hydrogen-bond donors (Lipinski definition) is 3. The summed E-state index contributed by atoms with van der Waals surface area (Å²) in [5.74, 6) is 0.121. The van der Waals surface area contributed by atoms with Crippen LogP contribution < -0.4 is 11.1 Å². The Morgan fingerprint density at radius 3 is 2.88 bits per heavy atom. The summed E-state index contributed by atoms with van der Waals surface area (Å²) in [5, 5.41) is 12.9. The van der Waals surface area contributed by atoms with Crippen LogP contribution in [-0.4, -0.2) is 34.1 Å². The molecule has 130 valence electrons. The molecular formula is C19H22N4O2. The van der Waals surface area contributed by atoms with E-state index < -0.39 is 5.97 Å². The van der Waals surface area contributed by atoms with E-state index in [1.165, 1.54) is 5.57 Å². The summed E-state index contributed by atoms with van der Waals surface area (Å²) in [5.41, 5.74) is 9.29. The van der Waals surface area contributed by atoms with Gasteiger partial charge in [0.2, 0.25) is 0 Å². The molecule has 1 aromatic carbocycles. The smallest absolute Gasteiger partial charge is 0.335 e. The summed E-state index contributed by atoms with van der Waals surface area (Å²) in [6.07, 6.45) is 5.36. The van der Waals surface area contributed by atoms with Gasteiger partial charge < -0.3 is 16.2 Å². The fourth-order valence-corrected chi connectivity index (χ4v) is 3.28. The second kappa shape index (κ2) is 7.44. The molecule has 0 bridgehead atoms. The van der Waals surface area contributed by atoms with Crippen LogP contribution in [-0.2, 0) is 6.42 Å². The molecule has 4 N–H and O–H groups in total. The summed E-state index contributed by atoms with van der Waals surface area (Å²) in [6.45, 7) is 3.48. The third-order valence-corrected chi connectivity index (χ3v) is 4.56. The lowest BCUT2D eigenvalue weighted by atomic mass is 9.81. The van der Waals surface area contributed by atoms with Crippen LogP contribution in [0.3, 0.4) is 0 Å². The number of anilines is 1. The Morgan fingerprint density at radius 2 is 2.20 bits per heavy atom. The molecular weight excluding hydrogens is 316 g/mol. The van der Waals surface area contributed by atoms with Crippen molar-refractivity contribution in [2.45, 2.75) is 25.7 Å². The zero-order chi connectivity index (χ0) is 17.8. The molecule has 2 aromatic rings. The lowest BCUT2D eigenvalue weighted by Crippen LogP contribution is -2.24. The predicted molar refractivity (Wildman–Crippen MR) is 96.6 cm³/mol. The van der Waals surface area contributed by atoms with Crippen LogP contribution in [0, 0.1) is 6.92 Å². The summed E-state index contributed by atoms with van der Waals surface area (Å²) in [4.78, 5) is 20.2. The number of carboxylic acids is 1. The van der Waals surface area contributed by atoms with Gasteiger partial charge in [0.25, 0.3) is 0 Å². The SMILES string of the molecule is Cc1ncc(CC(C2=CCNCC2)c2ccccc2C(=O)O)c(N)n1. The molecule has 0 saturated carbocycles. The Kier molecular flexibility index (Phi) is 5.09. The van der Waals surface area contributed by atoms with Gasteiger partial charge in [-0.15, -0.1) is 0 Å². The van der Waals surface area contributed by atoms with Crippen LogP contribution in [0.1, 0.15) is 39.6 Å². The average Bonchev–Trinajstić information content (AvgIpc) is 2.62. The van der Waals surface area contributed by atoms with Gasteiger partial charge in [0.1, 0.15) is 11.6 Å². The van der Waals surface area contributed by atoms with Gasteiger partial charge in [-0.25, -0.2) is 14.8 Å². The third kappa shape index (κ3) is 3.85. The summed E-state index contributed by atoms with van der Waals surface area (Å²) in [6, 6.07) is 7.18. The van der Waals surface area contributed by atoms with Crippen LogP contribution in [0.25, 0.3) is 0 Å². The van der Waals surface area contributed by atoms with E-state index >= 15 is 0 Å². The number of carbonyl (C=O) groups is 1. The van der Waals surface area contributed by atoms with E-state index in [-0.39, 0.29) is 5.92 Å². The van der Waals surface area contributed by atoms with Crippen LogP contribution in [0.5, 0.6) is 0 Å². The molecule has 25 heavy (non-hydrogen) atoms. The maximum absolute atomic E-state index is 11.7. The highest BCUT2D eigenvalue weighted by atomic mass is 16.4. The first-order chi connectivity index (χ1) is 12.1. The standard InChI is InChI=1S/C19H22N4O2/c1-12-22-11-14(18(20)23-12)10-17(13-6-8-21-9-7-13)15-4-2-3-5-16(15)19(24)25/h2-6,11,17,21H,7-10H2,1H3,(H,24,25)(H2,20,22,23). The first-order valence-electron chi connectivity index (χ1n) is 8.36. The fourth-order valence-electron chi connectivity index (χ4n) is 3.28. The van der Waals surface area contributed by atoms with Crippen molar-refractivity contribution >= 4 is 11.8 Å². The minimum absolute atomic E-state index is 0.0528. The van der Waals surface area contributed by atoms with E-state index in [1.54, 1.807) is 25.3 Å². The Morgan fingerprint density at radius 1 is 1.40 bits per heavy atom. The van der Waals surface area contributed by atoms with Crippen molar-refractivity contribution in [2.24, 2.45) is 0 Å². The number of rotatable bonds is 5. The first kappa shape index (κ1) is 17.1. The van der Waals surface area contributed by atoms with E-state index in [9.17, 15) is 9.90 Å². The van der Waals surface area contributed by atoms with Crippen molar-refractivity contribution in [1.82, 2.24) is 15.3 Å². The second-order valence-electron chi connectivity index (χ2n) is 6.21. The minimum Gasteiger partial charge on any atom is -0.478 e. The summed E-state index contributed by atoms with van der Waals surface area (Å²) < 4.78 is 0. The molecule has 0 spiro atoms. The Bertz CT molecular complexity index is 817. The van der Waals surface area contributed by atoms with Crippen LogP contribution in [0.15, 0.2) is 42.1 Å². The van der Waals surface area contributed by atoms with E-state index in [4.69, 9.17) is 5.73 Å². The second-order valence-corrected chi connectivity index (χ2v) is 6.21. The number of aromatic nitrogens is 2. The largest absolute Gasteiger partial charge is 0.478 e. The monoisotopic (exact) mass is 338 g/mol. The number of carboxylic acid groups (broad SMARTS) is 1. The molecule has 1 atom stereocenters. The molecule has 1 aliphatic rings. The fraction of sp³-hybridized carbons (Fsp3) is 0.316. The van der Waals surface area contributed by atoms with Gasteiger partial charge in [-0.2, -0.15) is 0 Å². The van der Waals surface area contributed by atoms with Crippen molar-refractivity contribution in [3.05, 3.63) is 64.6 Å². The highest BCUT2D eigenvalue weighted by Gasteiger charge is 2.24. The lowest BCUT2D eigenvalue weighted by molar-refractivity contribution is 0.0695. The average molecular weight is 338 g/mol. The molecule has 2 heterocycles. The quantitative estimate of drug-likeness (QED) is 0.723. The topological polar surface area (TPSA) is 101 Å². The highest BCUT2D eigenvalue weighted by Crippen LogP contribution is 2.34. The molecule has 1 aromatic heterocycles. The Hall–Kier alpha value is -2.73. The molecule has 0 radical (unpaired) electrons. The van der Waals surface area contributed by atoms with Crippen molar-refractivity contribution in [3.63, 3.8) is 0 Å². The van der Waals surface area contributed by atoms with Crippen LogP contribution in [0.4, 0.5) is 5.82 Å². The van der Waals surface area contributed by atoms with Crippen LogP contribution >= 0.6 is 0 Å². The van der Waals surface area contributed by atoms with Gasteiger partial charge in [-0.3, -0.25) is 0 Å². The summed E-state index contributed by atoms with van der Waals surface area (Å²) in [7, 11) is 0. The number of hydrogen-bond acceptors (Lipinski definition) is 5. The zero-order valence-electron chi connectivity index (χ0n) is 14.2. The van der Waals surface area contributed by atoms with Crippen molar-refractivity contribution < 1.29 is 9.90 Å². The molecule has 6 nitrogen and oxygen atoms in total. The number of benzene rings is 1.